The van der Waals surface area contributed by atoms with Crippen molar-refractivity contribution in [1.82, 2.24) is 10.2 Å². The monoisotopic (exact) mass is 391 g/mol. The molecule has 2 aliphatic rings. The first-order valence-electron chi connectivity index (χ1n) is 10.1. The molecule has 0 spiro atoms. The molecule has 0 atom stereocenters. The van der Waals surface area contributed by atoms with Crippen molar-refractivity contribution < 1.29 is 9.47 Å². The molecule has 1 aromatic carbocycles. The molecule has 1 N–H and O–H groups in total. The molecular formula is C21H33N3O2S. The third-order valence-electron chi connectivity index (χ3n) is 5.48. The fraction of sp³-hybridized carbons (Fsp3) is 0.667. The van der Waals surface area contributed by atoms with Gasteiger partial charge in [0.25, 0.3) is 0 Å². The van der Waals surface area contributed by atoms with Crippen LogP contribution in [0.1, 0.15) is 32.6 Å². The number of rotatable bonds is 6. The van der Waals surface area contributed by atoms with Gasteiger partial charge >= 0.3 is 0 Å². The van der Waals surface area contributed by atoms with Crippen molar-refractivity contribution in [2.24, 2.45) is 4.99 Å². The van der Waals surface area contributed by atoms with E-state index in [0.29, 0.717) is 6.10 Å². The summed E-state index contributed by atoms with van der Waals surface area (Å²) in [5, 5.41) is 3.49. The van der Waals surface area contributed by atoms with Crippen molar-refractivity contribution in [3.63, 3.8) is 0 Å². The summed E-state index contributed by atoms with van der Waals surface area (Å²) in [5.74, 6) is 2.02. The van der Waals surface area contributed by atoms with Crippen LogP contribution in [0.4, 0.5) is 0 Å². The molecule has 2 saturated heterocycles. The van der Waals surface area contributed by atoms with E-state index in [0.717, 1.165) is 76.8 Å². The summed E-state index contributed by atoms with van der Waals surface area (Å²) < 4.78 is 11.9. The molecule has 5 nitrogen and oxygen atoms in total. The van der Waals surface area contributed by atoms with Crippen LogP contribution in [-0.2, 0) is 4.74 Å². The van der Waals surface area contributed by atoms with Crippen LogP contribution in [0.15, 0.2) is 35.3 Å². The van der Waals surface area contributed by atoms with E-state index in [1.165, 1.54) is 0 Å². The number of nitrogens with one attached hydrogen (secondary N) is 1. The Morgan fingerprint density at radius 1 is 1.26 bits per heavy atom. The predicted molar refractivity (Wildman–Crippen MR) is 114 cm³/mol. The number of thioether (sulfide) groups is 1. The molecule has 0 amide bonds. The zero-order valence-electron chi connectivity index (χ0n) is 16.7. The molecular weight excluding hydrogens is 358 g/mol. The van der Waals surface area contributed by atoms with Crippen molar-refractivity contribution >= 4 is 17.7 Å². The van der Waals surface area contributed by atoms with Gasteiger partial charge in [-0.25, -0.2) is 0 Å². The van der Waals surface area contributed by atoms with Crippen LogP contribution in [0.3, 0.4) is 0 Å². The van der Waals surface area contributed by atoms with E-state index in [4.69, 9.17) is 14.5 Å². The van der Waals surface area contributed by atoms with Gasteiger partial charge in [0, 0.05) is 50.4 Å². The molecule has 27 heavy (non-hydrogen) atoms. The van der Waals surface area contributed by atoms with Gasteiger partial charge in [-0.05, 0) is 38.2 Å². The normalized spacial score (nSPS) is 21.1. The lowest BCUT2D eigenvalue weighted by Crippen LogP contribution is -2.48. The number of aliphatic imine (C=N–C) groups is 1. The van der Waals surface area contributed by atoms with Gasteiger partial charge in [-0.2, -0.15) is 11.8 Å². The Labute approximate surface area is 167 Å². The molecule has 3 rings (SSSR count). The summed E-state index contributed by atoms with van der Waals surface area (Å²) in [7, 11) is 0. The van der Waals surface area contributed by atoms with Gasteiger partial charge < -0.3 is 19.7 Å². The molecule has 0 aliphatic carbocycles. The SMILES string of the molecule is CCNC(=NCC1(SC)CCOCC1)N1CCC(Oc2ccccc2)CC1. The van der Waals surface area contributed by atoms with Crippen LogP contribution >= 0.6 is 11.8 Å². The van der Waals surface area contributed by atoms with Crippen LogP contribution in [-0.4, -0.2) is 67.4 Å². The zero-order valence-corrected chi connectivity index (χ0v) is 17.5. The average Bonchev–Trinajstić information content (AvgIpc) is 2.73. The van der Waals surface area contributed by atoms with Crippen molar-refractivity contribution in [1.29, 1.82) is 0 Å². The molecule has 0 unspecified atom stereocenters. The second kappa shape index (κ2) is 10.2. The number of benzene rings is 1. The lowest BCUT2D eigenvalue weighted by Gasteiger charge is -2.37. The number of hydrogen-bond acceptors (Lipinski definition) is 4. The van der Waals surface area contributed by atoms with Crippen LogP contribution in [0.2, 0.25) is 0 Å². The van der Waals surface area contributed by atoms with Gasteiger partial charge in [-0.1, -0.05) is 18.2 Å². The second-order valence-electron chi connectivity index (χ2n) is 7.29. The highest BCUT2D eigenvalue weighted by Crippen LogP contribution is 2.34. The number of piperidine rings is 1. The minimum atomic E-state index is 0.230. The number of guanidine groups is 1. The molecule has 150 valence electrons. The summed E-state index contributed by atoms with van der Waals surface area (Å²) in [6.07, 6.45) is 6.73. The van der Waals surface area contributed by atoms with E-state index < -0.39 is 0 Å². The molecule has 2 aliphatic heterocycles. The Morgan fingerprint density at radius 3 is 2.59 bits per heavy atom. The lowest BCUT2D eigenvalue weighted by atomic mass is 9.99. The smallest absolute Gasteiger partial charge is 0.193 e. The first-order valence-corrected chi connectivity index (χ1v) is 11.3. The first kappa shape index (κ1) is 20.3. The number of para-hydroxylation sites is 1. The largest absolute Gasteiger partial charge is 0.490 e. The van der Waals surface area contributed by atoms with E-state index in [2.05, 4.69) is 23.4 Å². The molecule has 0 radical (unpaired) electrons. The summed E-state index contributed by atoms with van der Waals surface area (Å²) in [6, 6.07) is 10.1. The minimum absolute atomic E-state index is 0.230. The van der Waals surface area contributed by atoms with Gasteiger partial charge in [0.2, 0.25) is 0 Å². The maximum absolute atomic E-state index is 6.13. The number of hydrogen-bond donors (Lipinski definition) is 1. The zero-order chi connectivity index (χ0) is 19.0. The third-order valence-corrected chi connectivity index (χ3v) is 6.88. The van der Waals surface area contributed by atoms with Crippen LogP contribution < -0.4 is 10.1 Å². The molecule has 0 aromatic heterocycles. The number of likely N-dealkylation sites (tertiary alicyclic amines) is 1. The molecule has 0 bridgehead atoms. The summed E-state index contributed by atoms with van der Waals surface area (Å²) >= 11 is 1.95. The first-order chi connectivity index (χ1) is 13.2. The Bertz CT molecular complexity index is 582. The number of nitrogens with zero attached hydrogens (tertiary/aromatic N) is 2. The average molecular weight is 392 g/mol. The van der Waals surface area contributed by atoms with Crippen molar-refractivity contribution in [2.45, 2.75) is 43.5 Å². The maximum Gasteiger partial charge on any atom is 0.193 e. The molecule has 2 heterocycles. The van der Waals surface area contributed by atoms with Crippen LogP contribution in [0, 0.1) is 0 Å². The molecule has 2 fully saturated rings. The van der Waals surface area contributed by atoms with Gasteiger partial charge in [0.05, 0.1) is 6.54 Å². The second-order valence-corrected chi connectivity index (χ2v) is 8.56. The van der Waals surface area contributed by atoms with Crippen LogP contribution in [0.25, 0.3) is 0 Å². The maximum atomic E-state index is 6.13. The summed E-state index contributed by atoms with van der Waals surface area (Å²) in [5.41, 5.74) is 0. The van der Waals surface area contributed by atoms with E-state index in [1.807, 2.05) is 42.1 Å². The highest BCUT2D eigenvalue weighted by Gasteiger charge is 2.32. The van der Waals surface area contributed by atoms with Crippen molar-refractivity contribution in [2.75, 3.05) is 45.6 Å². The van der Waals surface area contributed by atoms with Gasteiger partial charge in [-0.3, -0.25) is 4.99 Å². The predicted octanol–water partition coefficient (Wildman–Crippen LogP) is 3.41. The standard InChI is InChI=1S/C21H33N3O2S/c1-3-22-20(23-17-21(27-2)11-15-25-16-12-21)24-13-9-19(10-14-24)26-18-7-5-4-6-8-18/h4-8,19H,3,9-17H2,1-2H3,(H,22,23). The van der Waals surface area contributed by atoms with Crippen molar-refractivity contribution in [3.8, 4) is 5.75 Å². The van der Waals surface area contributed by atoms with E-state index >= 15 is 0 Å². The Morgan fingerprint density at radius 2 is 1.96 bits per heavy atom. The van der Waals surface area contributed by atoms with E-state index in [9.17, 15) is 0 Å². The van der Waals surface area contributed by atoms with Gasteiger partial charge in [-0.15, -0.1) is 0 Å². The minimum Gasteiger partial charge on any atom is -0.490 e. The van der Waals surface area contributed by atoms with Crippen molar-refractivity contribution in [3.05, 3.63) is 30.3 Å². The topological polar surface area (TPSA) is 46.1 Å². The molecule has 6 heteroatoms. The van der Waals surface area contributed by atoms with Gasteiger partial charge in [0.1, 0.15) is 11.9 Å². The summed E-state index contributed by atoms with van der Waals surface area (Å²) in [6.45, 7) is 7.58. The van der Waals surface area contributed by atoms with Crippen LogP contribution in [0.5, 0.6) is 5.75 Å². The fourth-order valence-electron chi connectivity index (χ4n) is 3.69. The third kappa shape index (κ3) is 5.79. The van der Waals surface area contributed by atoms with E-state index in [1.54, 1.807) is 0 Å². The Hall–Kier alpha value is -1.40. The molecule has 0 saturated carbocycles. The number of ether oxygens (including phenoxy) is 2. The Kier molecular flexibility index (Phi) is 7.70. The quantitative estimate of drug-likeness (QED) is 0.595. The highest BCUT2D eigenvalue weighted by molar-refractivity contribution is 8.00. The van der Waals surface area contributed by atoms with Gasteiger partial charge in [0.15, 0.2) is 5.96 Å². The summed E-state index contributed by atoms with van der Waals surface area (Å²) in [4.78, 5) is 7.42. The molecule has 1 aromatic rings. The Balaban J connectivity index is 1.55. The highest BCUT2D eigenvalue weighted by atomic mass is 32.2. The van der Waals surface area contributed by atoms with E-state index in [-0.39, 0.29) is 4.75 Å². The lowest BCUT2D eigenvalue weighted by molar-refractivity contribution is 0.0792. The fourth-order valence-corrected chi connectivity index (χ4v) is 4.46.